The van der Waals surface area contributed by atoms with Gasteiger partial charge in [-0.25, -0.2) is 8.42 Å². The summed E-state index contributed by atoms with van der Waals surface area (Å²) in [7, 11) is -3.91. The minimum atomic E-state index is -3.91. The van der Waals surface area contributed by atoms with Crippen molar-refractivity contribution >= 4 is 55.1 Å². The van der Waals surface area contributed by atoms with Gasteiger partial charge < -0.3 is 0 Å². The van der Waals surface area contributed by atoms with E-state index in [1.54, 1.807) is 36.4 Å². The summed E-state index contributed by atoms with van der Waals surface area (Å²) in [5, 5.41) is -0.736. The molecular formula is C16H15ClINO3S. The number of hydrogen-bond donors (Lipinski definition) is 0. The summed E-state index contributed by atoms with van der Waals surface area (Å²) in [6, 6.07) is 12.4. The predicted molar refractivity (Wildman–Crippen MR) is 100 cm³/mol. The van der Waals surface area contributed by atoms with Crippen LogP contribution in [0.3, 0.4) is 0 Å². The molecule has 0 bridgehead atoms. The molecule has 0 saturated heterocycles. The van der Waals surface area contributed by atoms with Crippen molar-refractivity contribution in [3.05, 3.63) is 57.7 Å². The van der Waals surface area contributed by atoms with Gasteiger partial charge in [0, 0.05) is 3.57 Å². The van der Waals surface area contributed by atoms with Gasteiger partial charge in [-0.2, -0.15) is 0 Å². The van der Waals surface area contributed by atoms with Crippen molar-refractivity contribution in [1.29, 1.82) is 0 Å². The molecule has 0 aliphatic carbocycles. The van der Waals surface area contributed by atoms with Crippen LogP contribution in [0.4, 0.5) is 5.69 Å². The summed E-state index contributed by atoms with van der Waals surface area (Å²) in [4.78, 5) is 11.8. The monoisotopic (exact) mass is 463 g/mol. The number of hydrogen-bond acceptors (Lipinski definition) is 3. The molecule has 0 saturated carbocycles. The average molecular weight is 464 g/mol. The Morgan fingerprint density at radius 1 is 1.13 bits per heavy atom. The average Bonchev–Trinajstić information content (AvgIpc) is 2.49. The number of anilines is 1. The SMILES string of the molecule is Cc1ccc(S(=O)(=O)N(c2ccccc2I)C(C)C(=O)Cl)cc1. The van der Waals surface area contributed by atoms with Crippen LogP contribution in [0.15, 0.2) is 53.4 Å². The van der Waals surface area contributed by atoms with Gasteiger partial charge >= 0.3 is 0 Å². The maximum atomic E-state index is 13.1. The third-order valence-corrected chi connectivity index (χ3v) is 6.47. The van der Waals surface area contributed by atoms with Gasteiger partial charge in [-0.15, -0.1) is 0 Å². The van der Waals surface area contributed by atoms with Crippen LogP contribution in [0.25, 0.3) is 0 Å². The lowest BCUT2D eigenvalue weighted by atomic mass is 10.2. The van der Waals surface area contributed by atoms with E-state index in [4.69, 9.17) is 11.6 Å². The van der Waals surface area contributed by atoms with E-state index in [1.165, 1.54) is 19.1 Å². The highest BCUT2D eigenvalue weighted by atomic mass is 127. The first-order valence-corrected chi connectivity index (χ1v) is 9.70. The fourth-order valence-corrected chi connectivity index (χ4v) is 4.70. The van der Waals surface area contributed by atoms with E-state index >= 15 is 0 Å². The quantitative estimate of drug-likeness (QED) is 0.498. The van der Waals surface area contributed by atoms with Crippen LogP contribution in [-0.4, -0.2) is 19.7 Å². The van der Waals surface area contributed by atoms with Crippen molar-refractivity contribution in [3.8, 4) is 0 Å². The van der Waals surface area contributed by atoms with Crippen LogP contribution < -0.4 is 4.31 Å². The van der Waals surface area contributed by atoms with Gasteiger partial charge in [-0.1, -0.05) is 29.8 Å². The summed E-state index contributed by atoms with van der Waals surface area (Å²) in [6.07, 6.45) is 0. The van der Waals surface area contributed by atoms with E-state index in [2.05, 4.69) is 0 Å². The topological polar surface area (TPSA) is 54.5 Å². The maximum Gasteiger partial charge on any atom is 0.265 e. The smallest absolute Gasteiger partial charge is 0.265 e. The number of para-hydroxylation sites is 1. The van der Waals surface area contributed by atoms with Crippen LogP contribution in [0.5, 0.6) is 0 Å². The zero-order chi connectivity index (χ0) is 17.2. The number of aryl methyl sites for hydroxylation is 1. The Labute approximate surface area is 154 Å². The Hall–Kier alpha value is -1.12. The molecule has 23 heavy (non-hydrogen) atoms. The number of halogens is 2. The normalized spacial score (nSPS) is 12.7. The van der Waals surface area contributed by atoms with Crippen molar-refractivity contribution in [3.63, 3.8) is 0 Å². The number of benzene rings is 2. The first kappa shape index (κ1) is 18.2. The largest absolute Gasteiger partial charge is 0.279 e. The second-order valence-corrected chi connectivity index (χ2v) is 8.40. The zero-order valence-electron chi connectivity index (χ0n) is 12.5. The fourth-order valence-electron chi connectivity index (χ4n) is 2.09. The highest BCUT2D eigenvalue weighted by Gasteiger charge is 2.33. The van der Waals surface area contributed by atoms with Gasteiger partial charge in [0.25, 0.3) is 10.0 Å². The molecule has 0 aliphatic heterocycles. The lowest BCUT2D eigenvalue weighted by Gasteiger charge is -2.29. The molecular weight excluding hydrogens is 449 g/mol. The van der Waals surface area contributed by atoms with Crippen molar-refractivity contribution in [2.24, 2.45) is 0 Å². The summed E-state index contributed by atoms with van der Waals surface area (Å²) in [5.41, 5.74) is 1.38. The molecule has 4 nitrogen and oxygen atoms in total. The number of nitrogens with zero attached hydrogens (tertiary/aromatic N) is 1. The van der Waals surface area contributed by atoms with E-state index in [9.17, 15) is 13.2 Å². The first-order chi connectivity index (χ1) is 10.7. The number of sulfonamides is 1. The number of carbonyl (C=O) groups is 1. The molecule has 0 amide bonds. The van der Waals surface area contributed by atoms with Crippen LogP contribution in [0.1, 0.15) is 12.5 Å². The third-order valence-electron chi connectivity index (χ3n) is 3.35. The van der Waals surface area contributed by atoms with Crippen LogP contribution in [0, 0.1) is 10.5 Å². The predicted octanol–water partition coefficient (Wildman–Crippen LogP) is 3.95. The van der Waals surface area contributed by atoms with Gasteiger partial charge in [0.2, 0.25) is 5.24 Å². The Kier molecular flexibility index (Phi) is 5.70. The van der Waals surface area contributed by atoms with Crippen molar-refractivity contribution in [1.82, 2.24) is 0 Å². The standard InChI is InChI=1S/C16H15ClINO3S/c1-11-7-9-13(10-8-11)23(21,22)19(12(2)16(17)20)15-6-4-3-5-14(15)18/h3-10,12H,1-2H3. The molecule has 0 aromatic heterocycles. The van der Waals surface area contributed by atoms with E-state index < -0.39 is 21.3 Å². The molecule has 0 N–H and O–H groups in total. The van der Waals surface area contributed by atoms with Crippen molar-refractivity contribution < 1.29 is 13.2 Å². The molecule has 0 radical (unpaired) electrons. The molecule has 1 atom stereocenters. The van der Waals surface area contributed by atoms with Gasteiger partial charge in [0.1, 0.15) is 6.04 Å². The third kappa shape index (κ3) is 3.87. The molecule has 2 aromatic rings. The lowest BCUT2D eigenvalue weighted by molar-refractivity contribution is -0.112. The molecule has 7 heteroatoms. The minimum absolute atomic E-state index is 0.118. The van der Waals surface area contributed by atoms with E-state index in [0.29, 0.717) is 9.26 Å². The summed E-state index contributed by atoms with van der Waals surface area (Å²) in [5.74, 6) is 0. The summed E-state index contributed by atoms with van der Waals surface area (Å²) < 4.78 is 27.9. The molecule has 122 valence electrons. The van der Waals surface area contributed by atoms with Gasteiger partial charge in [0.05, 0.1) is 10.6 Å². The first-order valence-electron chi connectivity index (χ1n) is 6.80. The summed E-state index contributed by atoms with van der Waals surface area (Å²) >= 11 is 7.63. The van der Waals surface area contributed by atoms with Gasteiger partial charge in [0.15, 0.2) is 0 Å². The maximum absolute atomic E-state index is 13.1. The van der Waals surface area contributed by atoms with Gasteiger partial charge in [-0.3, -0.25) is 9.10 Å². The Morgan fingerprint density at radius 3 is 2.22 bits per heavy atom. The molecule has 1 unspecified atom stereocenters. The highest BCUT2D eigenvalue weighted by molar-refractivity contribution is 14.1. The molecule has 0 heterocycles. The molecule has 0 spiro atoms. The second kappa shape index (κ2) is 7.19. The summed E-state index contributed by atoms with van der Waals surface area (Å²) in [6.45, 7) is 3.35. The number of carbonyl (C=O) groups excluding carboxylic acids is 1. The van der Waals surface area contributed by atoms with Crippen molar-refractivity contribution in [2.45, 2.75) is 24.8 Å². The molecule has 0 fully saturated rings. The molecule has 2 rings (SSSR count). The molecule has 2 aromatic carbocycles. The van der Waals surface area contributed by atoms with Crippen LogP contribution in [-0.2, 0) is 14.8 Å². The van der Waals surface area contributed by atoms with E-state index in [-0.39, 0.29) is 4.90 Å². The van der Waals surface area contributed by atoms with Gasteiger partial charge in [-0.05, 0) is 72.3 Å². The fraction of sp³-hybridized carbons (Fsp3) is 0.188. The van der Waals surface area contributed by atoms with Crippen LogP contribution in [0.2, 0.25) is 0 Å². The van der Waals surface area contributed by atoms with Crippen LogP contribution >= 0.6 is 34.2 Å². The Bertz CT molecular complexity index is 821. The Balaban J connectivity index is 2.64. The second-order valence-electron chi connectivity index (χ2n) is 5.05. The Morgan fingerprint density at radius 2 is 1.70 bits per heavy atom. The minimum Gasteiger partial charge on any atom is -0.279 e. The lowest BCUT2D eigenvalue weighted by Crippen LogP contribution is -2.42. The van der Waals surface area contributed by atoms with E-state index in [1.807, 2.05) is 29.5 Å². The zero-order valence-corrected chi connectivity index (χ0v) is 16.3. The highest BCUT2D eigenvalue weighted by Crippen LogP contribution is 2.30. The van der Waals surface area contributed by atoms with Crippen molar-refractivity contribution in [2.75, 3.05) is 4.31 Å². The van der Waals surface area contributed by atoms with E-state index in [0.717, 1.165) is 9.87 Å². The number of rotatable bonds is 5. The molecule has 0 aliphatic rings.